The standard InChI is InChI=1S/C14H17ClN2O/c15-13-7-10(16)3-6-12(13)14(18)17(11-4-5-11)8-9-1-2-9/h3,6-7,9,11H,1-2,4-5,8,16H2. The van der Waals surface area contributed by atoms with E-state index < -0.39 is 0 Å². The van der Waals surface area contributed by atoms with Crippen LogP contribution in [0, 0.1) is 5.92 Å². The van der Waals surface area contributed by atoms with Crippen LogP contribution in [-0.2, 0) is 0 Å². The van der Waals surface area contributed by atoms with Crippen LogP contribution in [0.4, 0.5) is 5.69 Å². The Morgan fingerprint density at radius 3 is 2.61 bits per heavy atom. The van der Waals surface area contributed by atoms with E-state index in [4.69, 9.17) is 17.3 Å². The molecule has 2 aliphatic rings. The predicted octanol–water partition coefficient (Wildman–Crippen LogP) is 2.94. The van der Waals surface area contributed by atoms with E-state index in [2.05, 4.69) is 0 Å². The Morgan fingerprint density at radius 1 is 1.33 bits per heavy atom. The zero-order valence-electron chi connectivity index (χ0n) is 10.2. The number of amides is 1. The van der Waals surface area contributed by atoms with Gasteiger partial charge in [-0.3, -0.25) is 4.79 Å². The van der Waals surface area contributed by atoms with Crippen molar-refractivity contribution >= 4 is 23.2 Å². The molecule has 2 saturated carbocycles. The number of nitrogen functional groups attached to an aromatic ring is 1. The molecule has 0 spiro atoms. The molecule has 1 aromatic carbocycles. The number of halogens is 1. The van der Waals surface area contributed by atoms with Crippen LogP contribution < -0.4 is 5.73 Å². The van der Waals surface area contributed by atoms with E-state index in [9.17, 15) is 4.79 Å². The average Bonchev–Trinajstić information content (AvgIpc) is 3.18. The van der Waals surface area contributed by atoms with Gasteiger partial charge >= 0.3 is 0 Å². The normalized spacial score (nSPS) is 18.7. The molecule has 4 heteroatoms. The molecule has 1 aromatic rings. The largest absolute Gasteiger partial charge is 0.399 e. The summed E-state index contributed by atoms with van der Waals surface area (Å²) in [7, 11) is 0. The SMILES string of the molecule is Nc1ccc(C(=O)N(CC2CC2)C2CC2)c(Cl)c1. The Morgan fingerprint density at radius 2 is 2.06 bits per heavy atom. The molecular formula is C14H17ClN2O. The Kier molecular flexibility index (Phi) is 2.94. The zero-order chi connectivity index (χ0) is 12.7. The van der Waals surface area contributed by atoms with Crippen molar-refractivity contribution in [1.29, 1.82) is 0 Å². The van der Waals surface area contributed by atoms with Crippen LogP contribution in [0.3, 0.4) is 0 Å². The molecule has 0 atom stereocenters. The van der Waals surface area contributed by atoms with Crippen molar-refractivity contribution in [3.8, 4) is 0 Å². The first-order valence-electron chi connectivity index (χ1n) is 6.51. The van der Waals surface area contributed by atoms with Gasteiger partial charge in [0.1, 0.15) is 0 Å². The summed E-state index contributed by atoms with van der Waals surface area (Å²) >= 11 is 6.12. The van der Waals surface area contributed by atoms with Crippen molar-refractivity contribution in [1.82, 2.24) is 4.90 Å². The highest BCUT2D eigenvalue weighted by molar-refractivity contribution is 6.34. The molecule has 0 heterocycles. The summed E-state index contributed by atoms with van der Waals surface area (Å²) in [6.07, 6.45) is 4.77. The molecule has 0 radical (unpaired) electrons. The molecule has 0 aromatic heterocycles. The molecule has 3 nitrogen and oxygen atoms in total. The number of nitrogens with two attached hydrogens (primary N) is 1. The fourth-order valence-electron chi connectivity index (χ4n) is 2.22. The van der Waals surface area contributed by atoms with Crippen LogP contribution in [0.25, 0.3) is 0 Å². The van der Waals surface area contributed by atoms with Gasteiger partial charge in [0, 0.05) is 18.3 Å². The van der Waals surface area contributed by atoms with Gasteiger partial charge in [0.2, 0.25) is 0 Å². The van der Waals surface area contributed by atoms with E-state index in [-0.39, 0.29) is 5.91 Å². The van der Waals surface area contributed by atoms with Gasteiger partial charge < -0.3 is 10.6 Å². The maximum Gasteiger partial charge on any atom is 0.255 e. The highest BCUT2D eigenvalue weighted by atomic mass is 35.5. The molecule has 0 aliphatic heterocycles. The van der Waals surface area contributed by atoms with Gasteiger partial charge in [-0.15, -0.1) is 0 Å². The van der Waals surface area contributed by atoms with Crippen molar-refractivity contribution in [2.75, 3.05) is 12.3 Å². The van der Waals surface area contributed by atoms with Crippen LogP contribution in [0.5, 0.6) is 0 Å². The molecule has 0 saturated heterocycles. The number of hydrogen-bond acceptors (Lipinski definition) is 2. The van der Waals surface area contributed by atoms with Gasteiger partial charge in [-0.05, 0) is 49.8 Å². The lowest BCUT2D eigenvalue weighted by molar-refractivity contribution is 0.0735. The number of nitrogens with zero attached hydrogens (tertiary/aromatic N) is 1. The minimum Gasteiger partial charge on any atom is -0.399 e. The fourth-order valence-corrected chi connectivity index (χ4v) is 2.49. The number of rotatable bonds is 4. The van der Waals surface area contributed by atoms with Crippen LogP contribution >= 0.6 is 11.6 Å². The molecule has 2 fully saturated rings. The number of hydrogen-bond donors (Lipinski definition) is 1. The Bertz CT molecular complexity index is 481. The minimum absolute atomic E-state index is 0.0643. The average molecular weight is 265 g/mol. The lowest BCUT2D eigenvalue weighted by Gasteiger charge is -2.23. The monoisotopic (exact) mass is 264 g/mol. The summed E-state index contributed by atoms with van der Waals surface area (Å²) < 4.78 is 0. The van der Waals surface area contributed by atoms with E-state index >= 15 is 0 Å². The van der Waals surface area contributed by atoms with E-state index in [1.807, 2.05) is 4.90 Å². The van der Waals surface area contributed by atoms with Crippen molar-refractivity contribution in [3.05, 3.63) is 28.8 Å². The summed E-state index contributed by atoms with van der Waals surface area (Å²) in [6.45, 7) is 0.893. The third-order valence-electron chi connectivity index (χ3n) is 3.62. The fraction of sp³-hybridized carbons (Fsp3) is 0.500. The second kappa shape index (κ2) is 4.47. The first kappa shape index (κ1) is 11.8. The van der Waals surface area contributed by atoms with Gasteiger partial charge in [0.15, 0.2) is 0 Å². The number of carbonyl (C=O) groups is 1. The van der Waals surface area contributed by atoms with Gasteiger partial charge in [-0.2, -0.15) is 0 Å². The molecule has 18 heavy (non-hydrogen) atoms. The summed E-state index contributed by atoms with van der Waals surface area (Å²) in [6, 6.07) is 5.56. The molecular weight excluding hydrogens is 248 g/mol. The summed E-state index contributed by atoms with van der Waals surface area (Å²) in [5, 5.41) is 0.460. The zero-order valence-corrected chi connectivity index (χ0v) is 11.0. The Labute approximate surface area is 112 Å². The van der Waals surface area contributed by atoms with Gasteiger partial charge in [-0.1, -0.05) is 11.6 Å². The van der Waals surface area contributed by atoms with E-state index in [1.54, 1.807) is 18.2 Å². The Balaban J connectivity index is 1.81. The topological polar surface area (TPSA) is 46.3 Å². The lowest BCUT2D eigenvalue weighted by Crippen LogP contribution is -2.35. The van der Waals surface area contributed by atoms with Crippen molar-refractivity contribution < 1.29 is 4.79 Å². The lowest BCUT2D eigenvalue weighted by atomic mass is 10.1. The summed E-state index contributed by atoms with van der Waals surface area (Å²) in [5.74, 6) is 0.775. The van der Waals surface area contributed by atoms with Gasteiger partial charge in [0.25, 0.3) is 5.91 Å². The molecule has 0 unspecified atom stereocenters. The van der Waals surface area contributed by atoms with E-state index in [0.717, 1.165) is 19.4 Å². The minimum atomic E-state index is 0.0643. The first-order valence-corrected chi connectivity index (χ1v) is 6.89. The molecule has 2 aliphatic carbocycles. The maximum absolute atomic E-state index is 12.5. The van der Waals surface area contributed by atoms with Crippen LogP contribution in [0.1, 0.15) is 36.0 Å². The van der Waals surface area contributed by atoms with Crippen LogP contribution in [0.15, 0.2) is 18.2 Å². The van der Waals surface area contributed by atoms with Gasteiger partial charge in [0.05, 0.1) is 10.6 Å². The number of benzene rings is 1. The van der Waals surface area contributed by atoms with Gasteiger partial charge in [-0.25, -0.2) is 0 Å². The smallest absolute Gasteiger partial charge is 0.255 e. The number of anilines is 1. The molecule has 96 valence electrons. The molecule has 3 rings (SSSR count). The van der Waals surface area contributed by atoms with Crippen molar-refractivity contribution in [3.63, 3.8) is 0 Å². The summed E-state index contributed by atoms with van der Waals surface area (Å²) in [5.41, 5.74) is 6.83. The van der Waals surface area contributed by atoms with Crippen LogP contribution in [-0.4, -0.2) is 23.4 Å². The second-order valence-electron chi connectivity index (χ2n) is 5.37. The molecule has 0 bridgehead atoms. The maximum atomic E-state index is 12.5. The Hall–Kier alpha value is -1.22. The molecule has 1 amide bonds. The second-order valence-corrected chi connectivity index (χ2v) is 5.78. The van der Waals surface area contributed by atoms with E-state index in [1.165, 1.54) is 12.8 Å². The van der Waals surface area contributed by atoms with Crippen molar-refractivity contribution in [2.45, 2.75) is 31.7 Å². The number of carbonyl (C=O) groups excluding carboxylic acids is 1. The third-order valence-corrected chi connectivity index (χ3v) is 3.94. The van der Waals surface area contributed by atoms with E-state index in [0.29, 0.717) is 28.2 Å². The predicted molar refractivity (Wildman–Crippen MR) is 72.6 cm³/mol. The molecule has 2 N–H and O–H groups in total. The van der Waals surface area contributed by atoms with Crippen LogP contribution in [0.2, 0.25) is 5.02 Å². The highest BCUT2D eigenvalue weighted by Crippen LogP contribution is 2.36. The quantitative estimate of drug-likeness (QED) is 0.850. The van der Waals surface area contributed by atoms with Crippen molar-refractivity contribution in [2.24, 2.45) is 5.92 Å². The first-order chi connectivity index (χ1) is 8.65. The third kappa shape index (κ3) is 2.46. The summed E-state index contributed by atoms with van der Waals surface area (Å²) in [4.78, 5) is 14.5. The highest BCUT2D eigenvalue weighted by Gasteiger charge is 2.37.